The van der Waals surface area contributed by atoms with Gasteiger partial charge in [-0.2, -0.15) is 0 Å². The quantitative estimate of drug-likeness (QED) is 0.738. The zero-order valence-electron chi connectivity index (χ0n) is 10.6. The fourth-order valence-corrected chi connectivity index (χ4v) is 1.84. The summed E-state index contributed by atoms with van der Waals surface area (Å²) in [5.41, 5.74) is 3.47. The molecule has 2 aromatic rings. The first kappa shape index (κ1) is 13.7. The summed E-state index contributed by atoms with van der Waals surface area (Å²) >= 11 is 5.81. The molecule has 2 aromatic carbocycles. The Bertz CT molecular complexity index is 567. The lowest BCUT2D eigenvalue weighted by Crippen LogP contribution is -1.94. The predicted molar refractivity (Wildman–Crippen MR) is 76.6 cm³/mol. The summed E-state index contributed by atoms with van der Waals surface area (Å²) < 4.78 is 5.60. The molecule has 0 aliphatic heterocycles. The Hall–Kier alpha value is -1.71. The maximum Gasteiger partial charge on any atom is 0.126 e. The second kappa shape index (κ2) is 6.45. The lowest BCUT2D eigenvalue weighted by atomic mass is 10.2. The van der Waals surface area contributed by atoms with Crippen molar-refractivity contribution in [1.82, 2.24) is 0 Å². The van der Waals surface area contributed by atoms with Gasteiger partial charge in [0.05, 0.1) is 18.2 Å². The lowest BCUT2D eigenvalue weighted by molar-refractivity contribution is 0.107. The number of nitrogens with zero attached hydrogens (tertiary/aromatic N) is 1. The molecule has 0 bridgehead atoms. The molecule has 0 aromatic heterocycles. The number of aryl methyl sites for hydroxylation is 1. The molecule has 98 valence electrons. The molecule has 0 aliphatic rings. The third-order valence-corrected chi connectivity index (χ3v) is 3.09. The van der Waals surface area contributed by atoms with Crippen molar-refractivity contribution in [2.24, 2.45) is 5.18 Å². The Labute approximate surface area is 117 Å². The van der Waals surface area contributed by atoms with Crippen LogP contribution in [0.3, 0.4) is 0 Å². The fourth-order valence-electron chi connectivity index (χ4n) is 1.69. The monoisotopic (exact) mass is 275 g/mol. The highest BCUT2D eigenvalue weighted by Gasteiger charge is 2.02. The molecule has 3 nitrogen and oxygen atoms in total. The molecule has 0 saturated carbocycles. The van der Waals surface area contributed by atoms with E-state index in [1.807, 2.05) is 25.1 Å². The van der Waals surface area contributed by atoms with E-state index in [2.05, 4.69) is 17.3 Å². The van der Waals surface area contributed by atoms with E-state index in [0.717, 1.165) is 11.1 Å². The zero-order chi connectivity index (χ0) is 13.7. The first-order valence-electron chi connectivity index (χ1n) is 5.94. The maximum absolute atomic E-state index is 10.5. The molecule has 0 amide bonds. The SMILES string of the molecule is Cc1ccc(COCc2ccc(Cl)c(N=O)c2)cc1. The molecule has 0 heterocycles. The Kier molecular flexibility index (Phi) is 4.66. The van der Waals surface area contributed by atoms with Crippen LogP contribution in [0.5, 0.6) is 0 Å². The smallest absolute Gasteiger partial charge is 0.126 e. The van der Waals surface area contributed by atoms with Crippen molar-refractivity contribution in [3.8, 4) is 0 Å². The van der Waals surface area contributed by atoms with E-state index in [9.17, 15) is 4.91 Å². The van der Waals surface area contributed by atoms with Crippen molar-refractivity contribution in [3.63, 3.8) is 0 Å². The minimum Gasteiger partial charge on any atom is -0.372 e. The van der Waals surface area contributed by atoms with Gasteiger partial charge in [0, 0.05) is 0 Å². The van der Waals surface area contributed by atoms with Gasteiger partial charge in [-0.05, 0) is 35.4 Å². The first-order chi connectivity index (χ1) is 9.19. The summed E-state index contributed by atoms with van der Waals surface area (Å²) in [6.07, 6.45) is 0. The molecule has 19 heavy (non-hydrogen) atoms. The third-order valence-electron chi connectivity index (χ3n) is 2.77. The third kappa shape index (κ3) is 3.88. The Morgan fingerprint density at radius 1 is 1.05 bits per heavy atom. The van der Waals surface area contributed by atoms with Crippen LogP contribution in [-0.4, -0.2) is 0 Å². The highest BCUT2D eigenvalue weighted by molar-refractivity contribution is 6.32. The van der Waals surface area contributed by atoms with Crippen molar-refractivity contribution in [1.29, 1.82) is 0 Å². The Balaban J connectivity index is 1.92. The first-order valence-corrected chi connectivity index (χ1v) is 6.32. The second-order valence-electron chi connectivity index (χ2n) is 4.36. The number of ether oxygens (including phenoxy) is 1. The second-order valence-corrected chi connectivity index (χ2v) is 4.76. The van der Waals surface area contributed by atoms with E-state index in [4.69, 9.17) is 16.3 Å². The summed E-state index contributed by atoms with van der Waals surface area (Å²) in [4.78, 5) is 10.5. The molecular formula is C15H14ClNO2. The van der Waals surface area contributed by atoms with Crippen LogP contribution in [0.2, 0.25) is 5.02 Å². The molecule has 0 unspecified atom stereocenters. The van der Waals surface area contributed by atoms with Gasteiger partial charge < -0.3 is 4.74 Å². The van der Waals surface area contributed by atoms with Crippen molar-refractivity contribution in [2.75, 3.05) is 0 Å². The highest BCUT2D eigenvalue weighted by Crippen LogP contribution is 2.25. The van der Waals surface area contributed by atoms with Gasteiger partial charge >= 0.3 is 0 Å². The van der Waals surface area contributed by atoms with Gasteiger partial charge in [0.1, 0.15) is 5.69 Å². The van der Waals surface area contributed by atoms with Gasteiger partial charge in [0.25, 0.3) is 0 Å². The minimum atomic E-state index is 0.248. The van der Waals surface area contributed by atoms with Crippen LogP contribution < -0.4 is 0 Å². The minimum absolute atomic E-state index is 0.248. The van der Waals surface area contributed by atoms with Crippen LogP contribution >= 0.6 is 11.6 Å². The maximum atomic E-state index is 10.5. The molecule has 2 rings (SSSR count). The lowest BCUT2D eigenvalue weighted by Gasteiger charge is -2.06. The van der Waals surface area contributed by atoms with Crippen LogP contribution in [0.25, 0.3) is 0 Å². The van der Waals surface area contributed by atoms with E-state index < -0.39 is 0 Å². The van der Waals surface area contributed by atoms with E-state index in [0.29, 0.717) is 18.2 Å². The van der Waals surface area contributed by atoms with Gasteiger partial charge in [-0.3, -0.25) is 0 Å². The number of rotatable bonds is 5. The molecule has 0 aliphatic carbocycles. The van der Waals surface area contributed by atoms with E-state index in [1.165, 1.54) is 5.56 Å². The number of benzene rings is 2. The van der Waals surface area contributed by atoms with E-state index in [-0.39, 0.29) is 5.69 Å². The molecule has 0 fully saturated rings. The summed E-state index contributed by atoms with van der Waals surface area (Å²) in [5.74, 6) is 0. The van der Waals surface area contributed by atoms with Gasteiger partial charge in [-0.1, -0.05) is 47.5 Å². The van der Waals surface area contributed by atoms with Gasteiger partial charge in [-0.15, -0.1) is 4.91 Å². The molecule has 0 radical (unpaired) electrons. The van der Waals surface area contributed by atoms with Crippen molar-refractivity contribution in [2.45, 2.75) is 20.1 Å². The molecule has 0 saturated heterocycles. The predicted octanol–water partition coefficient (Wildman–Crippen LogP) is 4.76. The largest absolute Gasteiger partial charge is 0.372 e. The summed E-state index contributed by atoms with van der Waals surface area (Å²) in [6, 6.07) is 13.3. The normalized spacial score (nSPS) is 10.4. The molecule has 0 spiro atoms. The van der Waals surface area contributed by atoms with Crippen LogP contribution in [0, 0.1) is 11.8 Å². The molecule has 0 atom stereocenters. The number of hydrogen-bond donors (Lipinski definition) is 0. The van der Waals surface area contributed by atoms with Gasteiger partial charge in [0.2, 0.25) is 0 Å². The van der Waals surface area contributed by atoms with Crippen LogP contribution in [0.4, 0.5) is 5.69 Å². The molecule has 0 N–H and O–H groups in total. The topological polar surface area (TPSA) is 38.7 Å². The van der Waals surface area contributed by atoms with Crippen molar-refractivity contribution < 1.29 is 4.74 Å². The Morgan fingerprint density at radius 3 is 2.37 bits per heavy atom. The summed E-state index contributed by atoms with van der Waals surface area (Å²) in [5, 5.41) is 3.23. The highest BCUT2D eigenvalue weighted by atomic mass is 35.5. The number of halogens is 1. The van der Waals surface area contributed by atoms with Crippen molar-refractivity contribution >= 4 is 17.3 Å². The van der Waals surface area contributed by atoms with Crippen LogP contribution in [0.15, 0.2) is 47.6 Å². The summed E-state index contributed by atoms with van der Waals surface area (Å²) in [6.45, 7) is 3.01. The average molecular weight is 276 g/mol. The van der Waals surface area contributed by atoms with Crippen LogP contribution in [-0.2, 0) is 18.0 Å². The molecule has 4 heteroatoms. The van der Waals surface area contributed by atoms with E-state index >= 15 is 0 Å². The summed E-state index contributed by atoms with van der Waals surface area (Å²) in [7, 11) is 0. The number of hydrogen-bond acceptors (Lipinski definition) is 3. The zero-order valence-corrected chi connectivity index (χ0v) is 11.4. The standard InChI is InChI=1S/C15H14ClNO2/c1-11-2-4-12(5-3-11)9-19-10-13-6-7-14(16)15(8-13)17-18/h2-8H,9-10H2,1H3. The number of nitroso groups, excluding NO2 is 1. The molecular weight excluding hydrogens is 262 g/mol. The average Bonchev–Trinajstić information content (AvgIpc) is 2.43. The van der Waals surface area contributed by atoms with Gasteiger partial charge in [-0.25, -0.2) is 0 Å². The van der Waals surface area contributed by atoms with Gasteiger partial charge in [0.15, 0.2) is 0 Å². The van der Waals surface area contributed by atoms with Crippen LogP contribution in [0.1, 0.15) is 16.7 Å². The van der Waals surface area contributed by atoms with E-state index in [1.54, 1.807) is 12.1 Å². The van der Waals surface area contributed by atoms with Crippen molar-refractivity contribution in [3.05, 3.63) is 69.1 Å². The Morgan fingerprint density at radius 2 is 1.68 bits per heavy atom. The fraction of sp³-hybridized carbons (Fsp3) is 0.200.